The number of aliphatic carboxylic acids is 1. The number of hydrogen-bond donors (Lipinski definition) is 1. The largest absolute Gasteiger partial charge is 0.494 e. The Morgan fingerprint density at radius 1 is 1.00 bits per heavy atom. The SMILES string of the molecule is Cc1cc(OCCCc2c3n(c4c(-c5c(C)nn(C)c5C)c(Cl)ccc24)CCCN(c2cccc(CC(=O)O)c2)C3=O)cc(C)c1Cl. The number of nitrogens with zero attached hydrogens (tertiary/aromatic N) is 4. The topological polar surface area (TPSA) is 89.6 Å². The van der Waals surface area contributed by atoms with Crippen LogP contribution in [0.15, 0.2) is 48.5 Å². The summed E-state index contributed by atoms with van der Waals surface area (Å²) in [6.45, 7) is 9.53. The Balaban J connectivity index is 1.46. The first-order valence-corrected chi connectivity index (χ1v) is 16.6. The molecule has 1 aliphatic rings. The zero-order valence-corrected chi connectivity index (χ0v) is 28.8. The molecule has 10 heteroatoms. The second-order valence-electron chi connectivity index (χ2n) is 12.3. The average molecular weight is 674 g/mol. The van der Waals surface area contributed by atoms with Gasteiger partial charge in [0, 0.05) is 53.1 Å². The van der Waals surface area contributed by atoms with E-state index in [0.717, 1.165) is 60.9 Å². The Hall–Kier alpha value is -4.27. The summed E-state index contributed by atoms with van der Waals surface area (Å²) in [4.78, 5) is 27.9. The molecule has 0 fully saturated rings. The van der Waals surface area contributed by atoms with Gasteiger partial charge in [-0.15, -0.1) is 0 Å². The Morgan fingerprint density at radius 3 is 2.43 bits per heavy atom. The highest BCUT2D eigenvalue weighted by Gasteiger charge is 2.32. The molecular formula is C37H38Cl2N4O4. The molecular weight excluding hydrogens is 635 g/mol. The number of carboxylic acid groups (broad SMARTS) is 1. The van der Waals surface area contributed by atoms with E-state index in [2.05, 4.69) is 9.67 Å². The molecule has 0 unspecified atom stereocenters. The van der Waals surface area contributed by atoms with Crippen molar-refractivity contribution in [2.75, 3.05) is 18.1 Å². The van der Waals surface area contributed by atoms with Gasteiger partial charge in [0.15, 0.2) is 0 Å². The van der Waals surface area contributed by atoms with E-state index < -0.39 is 5.97 Å². The van der Waals surface area contributed by atoms with E-state index in [1.54, 1.807) is 17.0 Å². The second-order valence-corrected chi connectivity index (χ2v) is 13.1. The van der Waals surface area contributed by atoms with Crippen LogP contribution in [-0.2, 0) is 31.2 Å². The van der Waals surface area contributed by atoms with Crippen LogP contribution in [0, 0.1) is 27.7 Å². The van der Waals surface area contributed by atoms with E-state index in [1.807, 2.05) is 75.8 Å². The number of hydrogen-bond acceptors (Lipinski definition) is 4. The van der Waals surface area contributed by atoms with Gasteiger partial charge in [-0.05, 0) is 99.5 Å². The van der Waals surface area contributed by atoms with Crippen molar-refractivity contribution in [1.29, 1.82) is 0 Å². The van der Waals surface area contributed by atoms with Crippen LogP contribution >= 0.6 is 23.2 Å². The fraction of sp³-hybridized carbons (Fsp3) is 0.324. The summed E-state index contributed by atoms with van der Waals surface area (Å²) >= 11 is 13.4. The number of aryl methyl sites for hydroxylation is 6. The Bertz CT molecular complexity index is 2020. The molecule has 8 nitrogen and oxygen atoms in total. The molecule has 1 N–H and O–H groups in total. The number of benzene rings is 3. The third-order valence-electron chi connectivity index (χ3n) is 9.08. The fourth-order valence-corrected chi connectivity index (χ4v) is 7.24. The first-order valence-electron chi connectivity index (χ1n) is 15.8. The summed E-state index contributed by atoms with van der Waals surface area (Å²) in [6.07, 6.45) is 1.88. The molecule has 6 rings (SSSR count). The van der Waals surface area contributed by atoms with Crippen LogP contribution in [0.25, 0.3) is 22.0 Å². The standard InChI is InChI=1S/C37H38Cl2N4O4/c1-21-17-27(18-22(2)34(21)39)47-16-7-11-28-29-12-13-30(38)33(32-23(3)40-41(5)24(32)4)35(29)43-15-8-14-42(37(46)36(28)43)26-10-6-9-25(19-26)20-31(44)45/h6,9-10,12-13,17-19H,7-8,11,14-16,20H2,1-5H3,(H,44,45). The molecule has 0 bridgehead atoms. The van der Waals surface area contributed by atoms with Gasteiger partial charge in [-0.2, -0.15) is 5.10 Å². The van der Waals surface area contributed by atoms with Crippen molar-refractivity contribution < 1.29 is 19.4 Å². The summed E-state index contributed by atoms with van der Waals surface area (Å²) < 4.78 is 10.2. The first kappa shape index (κ1) is 32.7. The summed E-state index contributed by atoms with van der Waals surface area (Å²) in [5.74, 6) is -0.263. The highest BCUT2D eigenvalue weighted by Crippen LogP contribution is 2.43. The van der Waals surface area contributed by atoms with Crippen molar-refractivity contribution in [2.24, 2.45) is 7.05 Å². The third kappa shape index (κ3) is 6.12. The minimum Gasteiger partial charge on any atom is -0.494 e. The maximum Gasteiger partial charge on any atom is 0.307 e. The molecule has 0 atom stereocenters. The number of rotatable bonds is 9. The number of fused-ring (bicyclic) bond motifs is 3. The zero-order valence-electron chi connectivity index (χ0n) is 27.3. The van der Waals surface area contributed by atoms with Crippen LogP contribution < -0.4 is 9.64 Å². The average Bonchev–Trinajstić information content (AvgIpc) is 3.39. The smallest absolute Gasteiger partial charge is 0.307 e. The molecule has 0 aliphatic carbocycles. The molecule has 2 aromatic heterocycles. The summed E-state index contributed by atoms with van der Waals surface area (Å²) in [5, 5.41) is 16.4. The van der Waals surface area contributed by atoms with Crippen molar-refractivity contribution in [3.05, 3.63) is 97.9 Å². The van der Waals surface area contributed by atoms with Gasteiger partial charge < -0.3 is 19.3 Å². The van der Waals surface area contributed by atoms with Gasteiger partial charge in [-0.3, -0.25) is 14.3 Å². The minimum absolute atomic E-state index is 0.111. The van der Waals surface area contributed by atoms with Crippen molar-refractivity contribution in [2.45, 2.75) is 59.9 Å². The predicted octanol–water partition coefficient (Wildman–Crippen LogP) is 8.27. The number of carbonyl (C=O) groups is 2. The maximum absolute atomic E-state index is 14.7. The predicted molar refractivity (Wildman–Crippen MR) is 187 cm³/mol. The Labute approximate surface area is 284 Å². The molecule has 244 valence electrons. The van der Waals surface area contributed by atoms with E-state index in [9.17, 15) is 14.7 Å². The number of ether oxygens (including phenoxy) is 1. The zero-order chi connectivity index (χ0) is 33.6. The van der Waals surface area contributed by atoms with E-state index in [4.69, 9.17) is 27.9 Å². The molecule has 3 aromatic carbocycles. The minimum atomic E-state index is -0.914. The molecule has 3 heterocycles. The van der Waals surface area contributed by atoms with E-state index in [-0.39, 0.29) is 12.3 Å². The van der Waals surface area contributed by atoms with Gasteiger partial charge in [0.25, 0.3) is 5.91 Å². The number of carbonyl (C=O) groups excluding carboxylic acids is 1. The molecule has 47 heavy (non-hydrogen) atoms. The van der Waals surface area contributed by atoms with Crippen molar-refractivity contribution in [3.63, 3.8) is 0 Å². The van der Waals surface area contributed by atoms with E-state index in [0.29, 0.717) is 60.9 Å². The van der Waals surface area contributed by atoms with Gasteiger partial charge in [-0.25, -0.2) is 0 Å². The lowest BCUT2D eigenvalue weighted by atomic mass is 9.98. The van der Waals surface area contributed by atoms with Crippen molar-refractivity contribution >= 4 is 51.7 Å². The number of carboxylic acids is 1. The fourth-order valence-electron chi connectivity index (χ4n) is 6.89. The Kier molecular flexibility index (Phi) is 9.09. The normalized spacial score (nSPS) is 13.3. The summed E-state index contributed by atoms with van der Waals surface area (Å²) in [5.41, 5.74) is 9.49. The molecule has 0 spiro atoms. The molecule has 0 saturated heterocycles. The van der Waals surface area contributed by atoms with Crippen LogP contribution in [0.5, 0.6) is 5.75 Å². The second kappa shape index (κ2) is 13.1. The van der Waals surface area contributed by atoms with Gasteiger partial charge >= 0.3 is 5.97 Å². The molecule has 1 aliphatic heterocycles. The highest BCUT2D eigenvalue weighted by molar-refractivity contribution is 6.35. The van der Waals surface area contributed by atoms with Gasteiger partial charge in [0.2, 0.25) is 0 Å². The lowest BCUT2D eigenvalue weighted by molar-refractivity contribution is -0.136. The lowest BCUT2D eigenvalue weighted by Crippen LogP contribution is -2.31. The molecule has 0 saturated carbocycles. The van der Waals surface area contributed by atoms with Crippen LogP contribution in [0.1, 0.15) is 57.0 Å². The number of halogens is 2. The lowest BCUT2D eigenvalue weighted by Gasteiger charge is -2.22. The van der Waals surface area contributed by atoms with E-state index >= 15 is 0 Å². The monoisotopic (exact) mass is 672 g/mol. The van der Waals surface area contributed by atoms with Crippen LogP contribution in [0.3, 0.4) is 0 Å². The molecule has 0 radical (unpaired) electrons. The van der Waals surface area contributed by atoms with Crippen molar-refractivity contribution in [1.82, 2.24) is 14.3 Å². The third-order valence-corrected chi connectivity index (χ3v) is 9.99. The first-order chi connectivity index (χ1) is 22.5. The van der Waals surface area contributed by atoms with Crippen LogP contribution in [0.4, 0.5) is 5.69 Å². The number of aromatic nitrogens is 3. The maximum atomic E-state index is 14.7. The number of anilines is 1. The van der Waals surface area contributed by atoms with E-state index in [1.165, 1.54) is 0 Å². The number of amides is 1. The molecule has 5 aromatic rings. The highest BCUT2D eigenvalue weighted by atomic mass is 35.5. The Morgan fingerprint density at radius 2 is 1.74 bits per heavy atom. The van der Waals surface area contributed by atoms with Gasteiger partial charge in [-0.1, -0.05) is 41.4 Å². The quantitative estimate of drug-likeness (QED) is 0.159. The van der Waals surface area contributed by atoms with Crippen LogP contribution in [0.2, 0.25) is 10.0 Å². The van der Waals surface area contributed by atoms with Crippen LogP contribution in [-0.4, -0.2) is 44.5 Å². The summed E-state index contributed by atoms with van der Waals surface area (Å²) in [7, 11) is 1.92. The molecule has 1 amide bonds. The van der Waals surface area contributed by atoms with Gasteiger partial charge in [0.05, 0.1) is 29.3 Å². The summed E-state index contributed by atoms with van der Waals surface area (Å²) in [6, 6.07) is 15.1. The van der Waals surface area contributed by atoms with Crippen molar-refractivity contribution in [3.8, 4) is 16.9 Å². The van der Waals surface area contributed by atoms with Gasteiger partial charge in [0.1, 0.15) is 11.4 Å².